The Morgan fingerprint density at radius 1 is 1.29 bits per heavy atom. The number of anilines is 1. The monoisotopic (exact) mass is 236 g/mol. The van der Waals surface area contributed by atoms with Gasteiger partial charge in [0.1, 0.15) is 6.17 Å². The second kappa shape index (κ2) is 6.01. The lowest BCUT2D eigenvalue weighted by molar-refractivity contribution is 0.378. The summed E-state index contributed by atoms with van der Waals surface area (Å²) >= 11 is 0. The van der Waals surface area contributed by atoms with Gasteiger partial charge >= 0.3 is 0 Å². The number of nitrogens with one attached hydrogen (secondary N) is 2. The first-order chi connectivity index (χ1) is 8.25. The molecular formula is C14H21FN2. The molecule has 0 radical (unpaired) electrons. The number of hydrogen-bond donors (Lipinski definition) is 2. The van der Waals surface area contributed by atoms with Crippen molar-refractivity contribution in [2.75, 3.05) is 25.0 Å². The van der Waals surface area contributed by atoms with Crippen LogP contribution in [0, 0.1) is 0 Å². The Labute approximate surface area is 103 Å². The summed E-state index contributed by atoms with van der Waals surface area (Å²) in [5, 5.41) is 6.46. The second-order valence-electron chi connectivity index (χ2n) is 4.81. The standard InChI is InChI=1S/C14H21FN2/c1-11(15)10-17-14-4-2-12(3-5-14)13-6-8-16-9-7-13/h2-5,11,13,16-17H,6-10H2,1H3. The smallest absolute Gasteiger partial charge is 0.114 e. The third-order valence-corrected chi connectivity index (χ3v) is 3.31. The first kappa shape index (κ1) is 12.4. The van der Waals surface area contributed by atoms with E-state index in [2.05, 4.69) is 34.9 Å². The number of rotatable bonds is 4. The van der Waals surface area contributed by atoms with E-state index in [1.165, 1.54) is 18.4 Å². The van der Waals surface area contributed by atoms with E-state index in [1.54, 1.807) is 6.92 Å². The Hall–Kier alpha value is -1.09. The highest BCUT2D eigenvalue weighted by atomic mass is 19.1. The van der Waals surface area contributed by atoms with Crippen LogP contribution < -0.4 is 10.6 Å². The minimum atomic E-state index is -0.806. The summed E-state index contributed by atoms with van der Waals surface area (Å²) in [6, 6.07) is 8.45. The Kier molecular flexibility index (Phi) is 4.37. The molecule has 1 unspecified atom stereocenters. The number of piperidine rings is 1. The topological polar surface area (TPSA) is 24.1 Å². The highest BCUT2D eigenvalue weighted by Gasteiger charge is 2.14. The predicted molar refractivity (Wildman–Crippen MR) is 70.3 cm³/mol. The highest BCUT2D eigenvalue weighted by molar-refractivity contribution is 5.45. The quantitative estimate of drug-likeness (QED) is 0.840. The van der Waals surface area contributed by atoms with E-state index in [4.69, 9.17) is 0 Å². The zero-order valence-electron chi connectivity index (χ0n) is 10.4. The van der Waals surface area contributed by atoms with Crippen LogP contribution in [0.4, 0.5) is 10.1 Å². The highest BCUT2D eigenvalue weighted by Crippen LogP contribution is 2.26. The van der Waals surface area contributed by atoms with E-state index in [0.29, 0.717) is 12.5 Å². The molecule has 0 aliphatic carbocycles. The van der Waals surface area contributed by atoms with Crippen LogP contribution in [0.15, 0.2) is 24.3 Å². The average molecular weight is 236 g/mol. The molecular weight excluding hydrogens is 215 g/mol. The van der Waals surface area contributed by atoms with E-state index >= 15 is 0 Å². The summed E-state index contributed by atoms with van der Waals surface area (Å²) in [4.78, 5) is 0. The summed E-state index contributed by atoms with van der Waals surface area (Å²) in [5.74, 6) is 0.686. The minimum Gasteiger partial charge on any atom is -0.382 e. The van der Waals surface area contributed by atoms with Gasteiger partial charge in [-0.3, -0.25) is 0 Å². The zero-order valence-corrected chi connectivity index (χ0v) is 10.4. The fourth-order valence-electron chi connectivity index (χ4n) is 2.29. The van der Waals surface area contributed by atoms with Gasteiger partial charge in [-0.25, -0.2) is 4.39 Å². The second-order valence-corrected chi connectivity index (χ2v) is 4.81. The van der Waals surface area contributed by atoms with E-state index in [-0.39, 0.29) is 0 Å². The molecule has 1 fully saturated rings. The normalized spacial score (nSPS) is 18.9. The zero-order chi connectivity index (χ0) is 12.1. The third-order valence-electron chi connectivity index (χ3n) is 3.31. The summed E-state index contributed by atoms with van der Waals surface area (Å²) in [6.07, 6.45) is 1.63. The van der Waals surface area contributed by atoms with Gasteiger partial charge in [0, 0.05) is 12.2 Å². The number of halogens is 1. The molecule has 0 amide bonds. The van der Waals surface area contributed by atoms with Crippen molar-refractivity contribution in [2.45, 2.75) is 31.9 Å². The molecule has 0 saturated carbocycles. The van der Waals surface area contributed by atoms with Crippen molar-refractivity contribution in [2.24, 2.45) is 0 Å². The molecule has 3 heteroatoms. The Morgan fingerprint density at radius 2 is 1.94 bits per heavy atom. The van der Waals surface area contributed by atoms with E-state index < -0.39 is 6.17 Å². The molecule has 94 valence electrons. The molecule has 1 saturated heterocycles. The summed E-state index contributed by atoms with van der Waals surface area (Å²) in [6.45, 7) is 4.18. The molecule has 1 atom stereocenters. The average Bonchev–Trinajstić information content (AvgIpc) is 2.38. The van der Waals surface area contributed by atoms with Gasteiger partial charge in [0.15, 0.2) is 0 Å². The van der Waals surface area contributed by atoms with E-state index in [9.17, 15) is 4.39 Å². The first-order valence-corrected chi connectivity index (χ1v) is 6.44. The predicted octanol–water partition coefficient (Wildman–Crippen LogP) is 2.92. The number of alkyl halides is 1. The summed E-state index contributed by atoms with van der Waals surface area (Å²) in [5.41, 5.74) is 2.41. The van der Waals surface area contributed by atoms with Crippen molar-refractivity contribution in [3.63, 3.8) is 0 Å². The van der Waals surface area contributed by atoms with Gasteiger partial charge in [0.05, 0.1) is 0 Å². The van der Waals surface area contributed by atoms with Crippen molar-refractivity contribution in [1.29, 1.82) is 0 Å². The molecule has 1 aliphatic rings. The maximum atomic E-state index is 12.7. The van der Waals surface area contributed by atoms with Gasteiger partial charge in [-0.2, -0.15) is 0 Å². The van der Waals surface area contributed by atoms with Crippen LogP contribution in [-0.4, -0.2) is 25.8 Å². The Morgan fingerprint density at radius 3 is 2.53 bits per heavy atom. The van der Waals surface area contributed by atoms with Gasteiger partial charge in [-0.15, -0.1) is 0 Å². The van der Waals surface area contributed by atoms with Crippen molar-refractivity contribution in [1.82, 2.24) is 5.32 Å². The molecule has 1 aromatic rings. The third kappa shape index (κ3) is 3.70. The molecule has 2 N–H and O–H groups in total. The SMILES string of the molecule is CC(F)CNc1ccc(C2CCNCC2)cc1. The fourth-order valence-corrected chi connectivity index (χ4v) is 2.29. The van der Waals surface area contributed by atoms with Crippen LogP contribution in [0.2, 0.25) is 0 Å². The molecule has 2 nitrogen and oxygen atoms in total. The van der Waals surface area contributed by atoms with Crippen molar-refractivity contribution < 1.29 is 4.39 Å². The molecule has 0 bridgehead atoms. The Balaban J connectivity index is 1.92. The van der Waals surface area contributed by atoms with Crippen molar-refractivity contribution >= 4 is 5.69 Å². The molecule has 1 heterocycles. The molecule has 1 aliphatic heterocycles. The molecule has 17 heavy (non-hydrogen) atoms. The fraction of sp³-hybridized carbons (Fsp3) is 0.571. The summed E-state index contributed by atoms with van der Waals surface area (Å²) in [7, 11) is 0. The molecule has 2 rings (SSSR count). The largest absolute Gasteiger partial charge is 0.382 e. The van der Waals surface area contributed by atoms with Crippen LogP contribution in [0.25, 0.3) is 0 Å². The van der Waals surface area contributed by atoms with Crippen LogP contribution >= 0.6 is 0 Å². The van der Waals surface area contributed by atoms with E-state index in [1.807, 2.05) is 0 Å². The van der Waals surface area contributed by atoms with Crippen LogP contribution in [0.5, 0.6) is 0 Å². The van der Waals surface area contributed by atoms with Gasteiger partial charge in [-0.1, -0.05) is 12.1 Å². The molecule has 1 aromatic carbocycles. The van der Waals surface area contributed by atoms with Crippen LogP contribution in [0.1, 0.15) is 31.2 Å². The van der Waals surface area contributed by atoms with E-state index in [0.717, 1.165) is 18.8 Å². The van der Waals surface area contributed by atoms with Crippen molar-refractivity contribution in [3.8, 4) is 0 Å². The lowest BCUT2D eigenvalue weighted by Crippen LogP contribution is -2.26. The lowest BCUT2D eigenvalue weighted by atomic mass is 9.90. The summed E-state index contributed by atoms with van der Waals surface area (Å²) < 4.78 is 12.7. The molecule has 0 aromatic heterocycles. The number of hydrogen-bond acceptors (Lipinski definition) is 2. The Bertz CT molecular complexity index is 329. The molecule has 0 spiro atoms. The van der Waals surface area contributed by atoms with Gasteiger partial charge < -0.3 is 10.6 Å². The number of benzene rings is 1. The van der Waals surface area contributed by atoms with Crippen LogP contribution in [0.3, 0.4) is 0 Å². The van der Waals surface area contributed by atoms with Crippen LogP contribution in [-0.2, 0) is 0 Å². The minimum absolute atomic E-state index is 0.382. The van der Waals surface area contributed by atoms with Crippen molar-refractivity contribution in [3.05, 3.63) is 29.8 Å². The van der Waals surface area contributed by atoms with Gasteiger partial charge in [-0.05, 0) is 56.5 Å². The maximum Gasteiger partial charge on any atom is 0.114 e. The van der Waals surface area contributed by atoms with Gasteiger partial charge in [0.25, 0.3) is 0 Å². The first-order valence-electron chi connectivity index (χ1n) is 6.44. The maximum absolute atomic E-state index is 12.7. The van der Waals surface area contributed by atoms with Gasteiger partial charge in [0.2, 0.25) is 0 Å². The lowest BCUT2D eigenvalue weighted by Gasteiger charge is -2.23.